The van der Waals surface area contributed by atoms with Gasteiger partial charge in [0.2, 0.25) is 0 Å². The highest BCUT2D eigenvalue weighted by Crippen LogP contribution is 2.37. The number of nitrogens with two attached hydrogens (primary N) is 1. The van der Waals surface area contributed by atoms with Gasteiger partial charge in [0.25, 0.3) is 5.91 Å². The highest BCUT2D eigenvalue weighted by atomic mass is 35.5. The largest absolute Gasteiger partial charge is 0.364 e. The van der Waals surface area contributed by atoms with Gasteiger partial charge in [0.1, 0.15) is 12.4 Å². The normalized spacial score (nSPS) is 15.4. The molecule has 2 heterocycles. The van der Waals surface area contributed by atoms with Crippen molar-refractivity contribution < 1.29 is 4.79 Å². The first-order valence-electron chi connectivity index (χ1n) is 7.51. The Morgan fingerprint density at radius 2 is 1.92 bits per heavy atom. The summed E-state index contributed by atoms with van der Waals surface area (Å²) >= 11 is 12.6. The lowest BCUT2D eigenvalue weighted by molar-refractivity contribution is 0.0996. The standard InChI is InChI=1S/C18H12Cl2N4O/c19-10-5-6-14-12(7-10)16(11-3-1-2-4-13(11)20)22-8-15-17(18(21)25)23-9-24(14)15/h1-9,16H,(H2,21,25). The van der Waals surface area contributed by atoms with Gasteiger partial charge >= 0.3 is 0 Å². The second kappa shape index (κ2) is 6.02. The van der Waals surface area contributed by atoms with Crippen LogP contribution in [0.25, 0.3) is 5.69 Å². The number of amides is 1. The van der Waals surface area contributed by atoms with Crippen LogP contribution in [0.1, 0.15) is 33.4 Å². The zero-order chi connectivity index (χ0) is 17.6. The maximum atomic E-state index is 11.7. The van der Waals surface area contributed by atoms with E-state index < -0.39 is 5.91 Å². The lowest BCUT2D eigenvalue weighted by atomic mass is 9.97. The monoisotopic (exact) mass is 370 g/mol. The fourth-order valence-corrected chi connectivity index (χ4v) is 3.42. The number of imidazole rings is 1. The van der Waals surface area contributed by atoms with E-state index in [2.05, 4.69) is 9.98 Å². The van der Waals surface area contributed by atoms with Crippen LogP contribution in [0, 0.1) is 0 Å². The number of carbonyl (C=O) groups is 1. The summed E-state index contributed by atoms with van der Waals surface area (Å²) < 4.78 is 1.78. The quantitative estimate of drug-likeness (QED) is 0.744. The number of aromatic nitrogens is 2. The molecule has 0 aliphatic carbocycles. The summed E-state index contributed by atoms with van der Waals surface area (Å²) in [5, 5.41) is 1.19. The molecule has 2 aromatic carbocycles. The van der Waals surface area contributed by atoms with E-state index in [1.807, 2.05) is 36.4 Å². The van der Waals surface area contributed by atoms with Gasteiger partial charge in [0, 0.05) is 21.8 Å². The molecule has 1 aliphatic heterocycles. The molecule has 1 aromatic heterocycles. The summed E-state index contributed by atoms with van der Waals surface area (Å²) in [5.74, 6) is -0.605. The topological polar surface area (TPSA) is 73.3 Å². The van der Waals surface area contributed by atoms with Crippen LogP contribution in [0.2, 0.25) is 10.0 Å². The van der Waals surface area contributed by atoms with Crippen LogP contribution in [0.3, 0.4) is 0 Å². The Morgan fingerprint density at radius 3 is 2.68 bits per heavy atom. The number of hydrogen-bond donors (Lipinski definition) is 1. The minimum absolute atomic E-state index is 0.171. The second-order valence-electron chi connectivity index (χ2n) is 5.62. The summed E-state index contributed by atoms with van der Waals surface area (Å²) in [6.45, 7) is 0. The molecule has 0 radical (unpaired) electrons. The second-order valence-corrected chi connectivity index (χ2v) is 6.46. The van der Waals surface area contributed by atoms with Crippen LogP contribution < -0.4 is 5.73 Å². The minimum atomic E-state index is -0.605. The van der Waals surface area contributed by atoms with Crippen molar-refractivity contribution in [1.82, 2.24) is 9.55 Å². The zero-order valence-electron chi connectivity index (χ0n) is 12.9. The van der Waals surface area contributed by atoms with Crippen molar-refractivity contribution >= 4 is 35.3 Å². The first-order chi connectivity index (χ1) is 12.1. The molecule has 0 fully saturated rings. The van der Waals surface area contributed by atoms with Crippen molar-refractivity contribution in [1.29, 1.82) is 0 Å². The SMILES string of the molecule is NC(=O)c1ncn2c1C=NC(c1ccccc1Cl)c1cc(Cl)ccc1-2. The van der Waals surface area contributed by atoms with Gasteiger partial charge in [-0.1, -0.05) is 41.4 Å². The molecular formula is C18H12Cl2N4O. The van der Waals surface area contributed by atoms with Gasteiger partial charge in [0.05, 0.1) is 11.4 Å². The smallest absolute Gasteiger partial charge is 0.269 e. The Bertz CT molecular complexity index is 1030. The van der Waals surface area contributed by atoms with E-state index in [9.17, 15) is 4.79 Å². The third-order valence-corrected chi connectivity index (χ3v) is 4.71. The van der Waals surface area contributed by atoms with Crippen LogP contribution in [0.15, 0.2) is 53.8 Å². The van der Waals surface area contributed by atoms with Crippen molar-refractivity contribution in [3.8, 4) is 5.69 Å². The Labute approximate surface area is 153 Å². The van der Waals surface area contributed by atoms with Crippen LogP contribution in [0.4, 0.5) is 0 Å². The number of halogens is 2. The lowest BCUT2D eigenvalue weighted by Gasteiger charge is -2.17. The maximum absolute atomic E-state index is 11.7. The molecule has 7 heteroatoms. The predicted molar refractivity (Wildman–Crippen MR) is 98.0 cm³/mol. The molecule has 25 heavy (non-hydrogen) atoms. The minimum Gasteiger partial charge on any atom is -0.364 e. The van der Waals surface area contributed by atoms with Gasteiger partial charge in [-0.15, -0.1) is 0 Å². The first kappa shape index (κ1) is 15.9. The maximum Gasteiger partial charge on any atom is 0.269 e. The highest BCUT2D eigenvalue weighted by Gasteiger charge is 2.26. The number of benzene rings is 2. The molecule has 124 valence electrons. The number of carbonyl (C=O) groups excluding carboxylic acids is 1. The molecule has 1 aliphatic rings. The van der Waals surface area contributed by atoms with Gasteiger partial charge in [-0.3, -0.25) is 14.4 Å². The average molecular weight is 371 g/mol. The van der Waals surface area contributed by atoms with E-state index in [4.69, 9.17) is 28.9 Å². The Morgan fingerprint density at radius 1 is 1.12 bits per heavy atom. The molecule has 1 atom stereocenters. The van der Waals surface area contributed by atoms with Crippen molar-refractivity contribution in [3.05, 3.63) is 81.4 Å². The molecule has 0 saturated carbocycles. The van der Waals surface area contributed by atoms with Gasteiger partial charge in [0.15, 0.2) is 5.69 Å². The van der Waals surface area contributed by atoms with E-state index in [1.165, 1.54) is 0 Å². The molecule has 0 spiro atoms. The molecule has 3 aromatic rings. The number of fused-ring (bicyclic) bond motifs is 3. The number of aliphatic imine (C=N–C) groups is 1. The lowest BCUT2D eigenvalue weighted by Crippen LogP contribution is -2.14. The van der Waals surface area contributed by atoms with Crippen molar-refractivity contribution in [3.63, 3.8) is 0 Å². The molecule has 1 unspecified atom stereocenters. The molecule has 0 bridgehead atoms. The summed E-state index contributed by atoms with van der Waals surface area (Å²) in [5.41, 5.74) is 8.67. The molecule has 5 nitrogen and oxygen atoms in total. The van der Waals surface area contributed by atoms with Crippen molar-refractivity contribution in [2.45, 2.75) is 6.04 Å². The number of nitrogens with zero attached hydrogens (tertiary/aromatic N) is 3. The average Bonchev–Trinajstić information content (AvgIpc) is 2.94. The van der Waals surface area contributed by atoms with Crippen LogP contribution in [-0.4, -0.2) is 21.7 Å². The highest BCUT2D eigenvalue weighted by molar-refractivity contribution is 6.31. The number of hydrogen-bond acceptors (Lipinski definition) is 3. The van der Waals surface area contributed by atoms with E-state index in [0.717, 1.165) is 16.8 Å². The van der Waals surface area contributed by atoms with E-state index in [1.54, 1.807) is 23.2 Å². The van der Waals surface area contributed by atoms with Crippen molar-refractivity contribution in [2.24, 2.45) is 10.7 Å². The summed E-state index contributed by atoms with van der Waals surface area (Å²) in [4.78, 5) is 20.4. The fraction of sp³-hybridized carbons (Fsp3) is 0.0556. The first-order valence-corrected chi connectivity index (χ1v) is 8.26. The van der Waals surface area contributed by atoms with Crippen LogP contribution in [-0.2, 0) is 0 Å². The van der Waals surface area contributed by atoms with Crippen LogP contribution in [0.5, 0.6) is 0 Å². The van der Waals surface area contributed by atoms with E-state index >= 15 is 0 Å². The zero-order valence-corrected chi connectivity index (χ0v) is 14.4. The molecule has 4 rings (SSSR count). The summed E-state index contributed by atoms with van der Waals surface area (Å²) in [6, 6.07) is 12.6. The number of primary amides is 1. The fourth-order valence-electron chi connectivity index (χ4n) is 3.00. The van der Waals surface area contributed by atoms with Crippen LogP contribution >= 0.6 is 23.2 Å². The Kier molecular flexibility index (Phi) is 3.82. The Hall–Kier alpha value is -2.63. The molecule has 1 amide bonds. The van der Waals surface area contributed by atoms with Crippen molar-refractivity contribution in [2.75, 3.05) is 0 Å². The van der Waals surface area contributed by atoms with Gasteiger partial charge in [-0.25, -0.2) is 4.98 Å². The Balaban J connectivity index is 2.01. The molecular weight excluding hydrogens is 359 g/mol. The van der Waals surface area contributed by atoms with E-state index in [0.29, 0.717) is 15.7 Å². The predicted octanol–water partition coefficient (Wildman–Crippen LogP) is 3.80. The molecule has 2 N–H and O–H groups in total. The summed E-state index contributed by atoms with van der Waals surface area (Å²) in [6.07, 6.45) is 3.16. The molecule has 0 saturated heterocycles. The van der Waals surface area contributed by atoms with Gasteiger partial charge in [-0.05, 0) is 29.8 Å². The van der Waals surface area contributed by atoms with E-state index in [-0.39, 0.29) is 11.7 Å². The third-order valence-electron chi connectivity index (χ3n) is 4.13. The van der Waals surface area contributed by atoms with Gasteiger partial charge < -0.3 is 5.73 Å². The third kappa shape index (κ3) is 2.62. The van der Waals surface area contributed by atoms with Gasteiger partial charge in [-0.2, -0.15) is 0 Å². The number of rotatable bonds is 2. The summed E-state index contributed by atoms with van der Waals surface area (Å²) in [7, 11) is 0.